The zero-order valence-corrected chi connectivity index (χ0v) is 9.57. The van der Waals surface area contributed by atoms with E-state index in [0.717, 1.165) is 32.5 Å². The summed E-state index contributed by atoms with van der Waals surface area (Å²) < 4.78 is 5.24. The zero-order valence-electron chi connectivity index (χ0n) is 9.57. The van der Waals surface area contributed by atoms with Crippen LogP contribution in [0.2, 0.25) is 0 Å². The van der Waals surface area contributed by atoms with Crippen molar-refractivity contribution in [2.75, 3.05) is 26.7 Å². The topological polar surface area (TPSA) is 32.7 Å². The largest absolute Gasteiger partial charge is 0.393 e. The van der Waals surface area contributed by atoms with Gasteiger partial charge >= 0.3 is 0 Å². The molecule has 0 aromatic heterocycles. The predicted octanol–water partition coefficient (Wildman–Crippen LogP) is 1.11. The molecule has 3 heteroatoms. The Balaban J connectivity index is 2.22. The maximum absolute atomic E-state index is 9.45. The van der Waals surface area contributed by atoms with Gasteiger partial charge in [0.15, 0.2) is 0 Å². The van der Waals surface area contributed by atoms with E-state index >= 15 is 0 Å². The predicted molar refractivity (Wildman–Crippen MR) is 57.3 cm³/mol. The molecule has 0 radical (unpaired) electrons. The van der Waals surface area contributed by atoms with Crippen LogP contribution in [0.4, 0.5) is 0 Å². The van der Waals surface area contributed by atoms with Crippen molar-refractivity contribution in [1.82, 2.24) is 4.90 Å². The first-order valence-electron chi connectivity index (χ1n) is 5.56. The first kappa shape index (κ1) is 12.0. The Morgan fingerprint density at radius 3 is 2.36 bits per heavy atom. The first-order valence-corrected chi connectivity index (χ1v) is 5.56. The van der Waals surface area contributed by atoms with Crippen molar-refractivity contribution in [3.05, 3.63) is 0 Å². The quantitative estimate of drug-likeness (QED) is 0.739. The van der Waals surface area contributed by atoms with Crippen LogP contribution in [0.15, 0.2) is 0 Å². The lowest BCUT2D eigenvalue weighted by Gasteiger charge is -2.34. The maximum Gasteiger partial charge on any atom is 0.0670 e. The summed E-state index contributed by atoms with van der Waals surface area (Å²) in [6, 6.07) is 0. The van der Waals surface area contributed by atoms with Crippen molar-refractivity contribution >= 4 is 0 Å². The highest BCUT2D eigenvalue weighted by atomic mass is 16.5. The summed E-state index contributed by atoms with van der Waals surface area (Å²) in [6.07, 6.45) is 2.41. The normalized spacial score (nSPS) is 24.9. The van der Waals surface area contributed by atoms with Crippen LogP contribution in [-0.2, 0) is 4.74 Å². The first-order chi connectivity index (χ1) is 6.63. The van der Waals surface area contributed by atoms with Gasteiger partial charge in [-0.1, -0.05) is 0 Å². The van der Waals surface area contributed by atoms with E-state index in [4.69, 9.17) is 4.74 Å². The highest BCUT2D eigenvalue weighted by Crippen LogP contribution is 2.20. The van der Waals surface area contributed by atoms with Crippen LogP contribution in [-0.4, -0.2) is 49.0 Å². The minimum absolute atomic E-state index is 0.142. The highest BCUT2D eigenvalue weighted by Gasteiger charge is 2.23. The fourth-order valence-electron chi connectivity index (χ4n) is 2.06. The second kappa shape index (κ2) is 5.69. The molecule has 0 aromatic carbocycles. The smallest absolute Gasteiger partial charge is 0.0670 e. The third-order valence-electron chi connectivity index (χ3n) is 3.23. The van der Waals surface area contributed by atoms with E-state index < -0.39 is 0 Å². The average Bonchev–Trinajstić information content (AvgIpc) is 2.18. The van der Waals surface area contributed by atoms with Crippen LogP contribution in [0.3, 0.4) is 0 Å². The average molecular weight is 201 g/mol. The van der Waals surface area contributed by atoms with Crippen LogP contribution in [0.1, 0.15) is 26.7 Å². The van der Waals surface area contributed by atoms with Gasteiger partial charge in [0, 0.05) is 13.7 Å². The number of nitrogens with zero attached hydrogens (tertiary/aromatic N) is 1. The molecule has 1 heterocycles. The molecule has 1 aliphatic heterocycles. The molecule has 1 aliphatic rings. The number of ether oxygens (including phenoxy) is 1. The van der Waals surface area contributed by atoms with Gasteiger partial charge < -0.3 is 14.7 Å². The third kappa shape index (κ3) is 3.56. The molecule has 0 aromatic rings. The number of hydrogen-bond donors (Lipinski definition) is 1. The molecule has 0 spiro atoms. The van der Waals surface area contributed by atoms with Gasteiger partial charge in [0.2, 0.25) is 0 Å². The van der Waals surface area contributed by atoms with Crippen LogP contribution in [0.5, 0.6) is 0 Å². The van der Waals surface area contributed by atoms with Gasteiger partial charge in [0.05, 0.1) is 12.2 Å². The van der Waals surface area contributed by atoms with Crippen molar-refractivity contribution in [1.29, 1.82) is 0 Å². The molecular formula is C11H23NO2. The van der Waals surface area contributed by atoms with Crippen molar-refractivity contribution in [3.63, 3.8) is 0 Å². The summed E-state index contributed by atoms with van der Waals surface area (Å²) in [5, 5.41) is 9.45. The van der Waals surface area contributed by atoms with Gasteiger partial charge in [-0.3, -0.25) is 0 Å². The standard InChI is InChI=1S/C11H23NO2/c1-9(14-3)8-12-6-4-11(5-7-12)10(2)13/h9-11,13H,4-8H2,1-3H3. The van der Waals surface area contributed by atoms with Gasteiger partial charge in [-0.05, 0) is 45.7 Å². The molecule has 0 bridgehead atoms. The van der Waals surface area contributed by atoms with E-state index in [1.165, 1.54) is 0 Å². The molecule has 0 amide bonds. The van der Waals surface area contributed by atoms with E-state index in [1.54, 1.807) is 7.11 Å². The third-order valence-corrected chi connectivity index (χ3v) is 3.23. The Kier molecular flexibility index (Phi) is 4.85. The fraction of sp³-hybridized carbons (Fsp3) is 1.00. The second-order valence-corrected chi connectivity index (χ2v) is 4.42. The number of piperidine rings is 1. The van der Waals surface area contributed by atoms with Crippen LogP contribution in [0, 0.1) is 5.92 Å². The Morgan fingerprint density at radius 1 is 1.36 bits per heavy atom. The molecular weight excluding hydrogens is 178 g/mol. The fourth-order valence-corrected chi connectivity index (χ4v) is 2.06. The van der Waals surface area contributed by atoms with E-state index in [2.05, 4.69) is 11.8 Å². The summed E-state index contributed by atoms with van der Waals surface area (Å²) in [7, 11) is 1.76. The van der Waals surface area contributed by atoms with E-state index in [1.807, 2.05) is 6.92 Å². The van der Waals surface area contributed by atoms with E-state index in [9.17, 15) is 5.11 Å². The number of methoxy groups -OCH3 is 1. The van der Waals surface area contributed by atoms with Crippen molar-refractivity contribution in [3.8, 4) is 0 Å². The molecule has 1 N–H and O–H groups in total. The minimum Gasteiger partial charge on any atom is -0.393 e. The lowest BCUT2D eigenvalue weighted by Crippen LogP contribution is -2.40. The SMILES string of the molecule is COC(C)CN1CCC(C(C)O)CC1. The lowest BCUT2D eigenvalue weighted by atomic mass is 9.92. The van der Waals surface area contributed by atoms with Gasteiger partial charge in [-0.15, -0.1) is 0 Å². The van der Waals surface area contributed by atoms with Crippen molar-refractivity contribution in [2.24, 2.45) is 5.92 Å². The maximum atomic E-state index is 9.45. The summed E-state index contributed by atoms with van der Waals surface area (Å²) >= 11 is 0. The molecule has 2 atom stereocenters. The summed E-state index contributed by atoms with van der Waals surface area (Å²) in [4.78, 5) is 2.42. The number of aliphatic hydroxyl groups excluding tert-OH is 1. The zero-order chi connectivity index (χ0) is 10.6. The van der Waals surface area contributed by atoms with Gasteiger partial charge in [-0.2, -0.15) is 0 Å². The molecule has 1 fully saturated rings. The lowest BCUT2D eigenvalue weighted by molar-refractivity contribution is 0.0380. The van der Waals surface area contributed by atoms with Crippen molar-refractivity contribution < 1.29 is 9.84 Å². The second-order valence-electron chi connectivity index (χ2n) is 4.42. The number of likely N-dealkylation sites (tertiary alicyclic amines) is 1. The van der Waals surface area contributed by atoms with Crippen LogP contribution < -0.4 is 0 Å². The molecule has 3 nitrogen and oxygen atoms in total. The number of aliphatic hydroxyl groups is 1. The Morgan fingerprint density at radius 2 is 1.93 bits per heavy atom. The van der Waals surface area contributed by atoms with Gasteiger partial charge in [0.25, 0.3) is 0 Å². The highest BCUT2D eigenvalue weighted by molar-refractivity contribution is 4.76. The molecule has 1 rings (SSSR count). The minimum atomic E-state index is -0.142. The van der Waals surface area contributed by atoms with Crippen LogP contribution in [0.25, 0.3) is 0 Å². The summed E-state index contributed by atoms with van der Waals surface area (Å²) in [5.74, 6) is 0.504. The Bertz CT molecular complexity index is 153. The van der Waals surface area contributed by atoms with E-state index in [-0.39, 0.29) is 6.10 Å². The molecule has 84 valence electrons. The molecule has 0 aliphatic carbocycles. The van der Waals surface area contributed by atoms with Gasteiger partial charge in [0.1, 0.15) is 0 Å². The molecule has 2 unspecified atom stereocenters. The van der Waals surface area contributed by atoms with Crippen LogP contribution >= 0.6 is 0 Å². The van der Waals surface area contributed by atoms with Crippen molar-refractivity contribution in [2.45, 2.75) is 38.9 Å². The monoisotopic (exact) mass is 201 g/mol. The summed E-state index contributed by atoms with van der Waals surface area (Å²) in [6.45, 7) is 7.22. The number of rotatable bonds is 4. The Labute approximate surface area is 87.1 Å². The Hall–Kier alpha value is -0.120. The molecule has 1 saturated heterocycles. The molecule has 14 heavy (non-hydrogen) atoms. The number of hydrogen-bond acceptors (Lipinski definition) is 3. The molecule has 0 saturated carbocycles. The van der Waals surface area contributed by atoms with E-state index in [0.29, 0.717) is 12.0 Å². The van der Waals surface area contributed by atoms with Gasteiger partial charge in [-0.25, -0.2) is 0 Å². The summed E-state index contributed by atoms with van der Waals surface area (Å²) in [5.41, 5.74) is 0.